The molecule has 130 valence electrons. The number of hydrogen-bond acceptors (Lipinski definition) is 3. The third-order valence-electron chi connectivity index (χ3n) is 3.20. The van der Waals surface area contributed by atoms with Crippen molar-refractivity contribution in [3.8, 4) is 0 Å². The fraction of sp³-hybridized carbons (Fsp3) is 0.143. The molecule has 2 rings (SSSR count). The standard InChI is InChI=1S/C18H18O2.C3H4O2/c1-15(12-13-16-8-4-2-5-9-16)18(19)20-14-17-10-6-3-7-11-17;1-2-3(4)5/h2-12H,13-14H2,1H3;2H,1H2,(H,4,5). The van der Waals surface area contributed by atoms with Crippen LogP contribution in [0.15, 0.2) is 85.0 Å². The molecule has 4 heteroatoms. The van der Waals surface area contributed by atoms with Crippen LogP contribution in [0.5, 0.6) is 0 Å². The van der Waals surface area contributed by atoms with Gasteiger partial charge in [0.25, 0.3) is 0 Å². The van der Waals surface area contributed by atoms with E-state index in [0.29, 0.717) is 12.2 Å². The van der Waals surface area contributed by atoms with Crippen LogP contribution in [0, 0.1) is 0 Å². The summed E-state index contributed by atoms with van der Waals surface area (Å²) in [5.74, 6) is -1.24. The topological polar surface area (TPSA) is 63.6 Å². The predicted octanol–water partition coefficient (Wildman–Crippen LogP) is 4.18. The van der Waals surface area contributed by atoms with Crippen molar-refractivity contribution in [2.24, 2.45) is 0 Å². The van der Waals surface area contributed by atoms with Gasteiger partial charge in [0.2, 0.25) is 0 Å². The predicted molar refractivity (Wildman–Crippen MR) is 98.0 cm³/mol. The van der Waals surface area contributed by atoms with Gasteiger partial charge in [0.15, 0.2) is 0 Å². The number of carbonyl (C=O) groups excluding carboxylic acids is 1. The highest BCUT2D eigenvalue weighted by Gasteiger charge is 2.05. The van der Waals surface area contributed by atoms with Crippen LogP contribution in [0.3, 0.4) is 0 Å². The highest BCUT2D eigenvalue weighted by atomic mass is 16.5. The molecule has 0 radical (unpaired) electrons. The summed E-state index contributed by atoms with van der Waals surface area (Å²) in [5, 5.41) is 7.60. The van der Waals surface area contributed by atoms with Gasteiger partial charge in [-0.2, -0.15) is 0 Å². The molecule has 0 spiro atoms. The molecule has 0 heterocycles. The molecule has 2 aromatic rings. The molecule has 2 aromatic carbocycles. The summed E-state index contributed by atoms with van der Waals surface area (Å²) in [6, 6.07) is 19.7. The molecule has 0 aliphatic carbocycles. The number of carbonyl (C=O) groups is 2. The number of rotatable bonds is 6. The number of benzene rings is 2. The Morgan fingerprint density at radius 3 is 1.96 bits per heavy atom. The summed E-state index contributed by atoms with van der Waals surface area (Å²) < 4.78 is 5.27. The second kappa shape index (κ2) is 11.4. The van der Waals surface area contributed by atoms with E-state index in [1.54, 1.807) is 6.92 Å². The Labute approximate surface area is 148 Å². The van der Waals surface area contributed by atoms with Crippen molar-refractivity contribution in [3.63, 3.8) is 0 Å². The van der Waals surface area contributed by atoms with Gasteiger partial charge in [-0.15, -0.1) is 0 Å². The first-order valence-corrected chi connectivity index (χ1v) is 7.80. The highest BCUT2D eigenvalue weighted by Crippen LogP contribution is 2.07. The maximum absolute atomic E-state index is 11.8. The van der Waals surface area contributed by atoms with Crippen LogP contribution in [0.25, 0.3) is 0 Å². The zero-order valence-electron chi connectivity index (χ0n) is 14.2. The lowest BCUT2D eigenvalue weighted by Gasteiger charge is -2.05. The first kappa shape index (κ1) is 19.9. The third kappa shape index (κ3) is 8.91. The molecule has 0 unspecified atom stereocenters. The Kier molecular flexibility index (Phi) is 9.08. The van der Waals surface area contributed by atoms with Crippen LogP contribution < -0.4 is 0 Å². The van der Waals surface area contributed by atoms with E-state index in [2.05, 4.69) is 6.58 Å². The quantitative estimate of drug-likeness (QED) is 0.634. The maximum Gasteiger partial charge on any atom is 0.333 e. The van der Waals surface area contributed by atoms with Gasteiger partial charge in [-0.3, -0.25) is 0 Å². The summed E-state index contributed by atoms with van der Waals surface area (Å²) in [4.78, 5) is 21.1. The lowest BCUT2D eigenvalue weighted by Crippen LogP contribution is -2.06. The first-order chi connectivity index (χ1) is 12.0. The van der Waals surface area contributed by atoms with Gasteiger partial charge >= 0.3 is 11.9 Å². The molecule has 0 saturated carbocycles. The van der Waals surface area contributed by atoms with Gasteiger partial charge in [-0.25, -0.2) is 9.59 Å². The van der Waals surface area contributed by atoms with Crippen LogP contribution in [0.4, 0.5) is 0 Å². The number of carboxylic acid groups (broad SMARTS) is 1. The summed E-state index contributed by atoms with van der Waals surface area (Å²) in [6.45, 7) is 5.06. The largest absolute Gasteiger partial charge is 0.478 e. The molecule has 0 aromatic heterocycles. The first-order valence-electron chi connectivity index (χ1n) is 7.80. The van der Waals surface area contributed by atoms with Crippen LogP contribution in [0.1, 0.15) is 18.1 Å². The van der Waals surface area contributed by atoms with E-state index in [-0.39, 0.29) is 5.97 Å². The van der Waals surface area contributed by atoms with Crippen LogP contribution >= 0.6 is 0 Å². The van der Waals surface area contributed by atoms with E-state index in [9.17, 15) is 9.59 Å². The zero-order chi connectivity index (χ0) is 18.5. The lowest BCUT2D eigenvalue weighted by molar-refractivity contribution is -0.140. The van der Waals surface area contributed by atoms with Crippen LogP contribution in [-0.2, 0) is 27.4 Å². The summed E-state index contributed by atoms with van der Waals surface area (Å²) in [6.07, 6.45) is 3.48. The number of ether oxygens (including phenoxy) is 1. The average Bonchev–Trinajstić information content (AvgIpc) is 2.66. The molecule has 4 nitrogen and oxygen atoms in total. The summed E-state index contributed by atoms with van der Waals surface area (Å²) in [7, 11) is 0. The molecule has 0 aliphatic heterocycles. The van der Waals surface area contributed by atoms with Gasteiger partial charge < -0.3 is 9.84 Å². The minimum atomic E-state index is -0.981. The van der Waals surface area contributed by atoms with E-state index >= 15 is 0 Å². The minimum absolute atomic E-state index is 0.259. The minimum Gasteiger partial charge on any atom is -0.478 e. The molecule has 0 aliphatic rings. The van der Waals surface area contributed by atoms with Crippen LogP contribution in [0.2, 0.25) is 0 Å². The molecular formula is C21H22O4. The lowest BCUT2D eigenvalue weighted by atomic mass is 10.1. The maximum atomic E-state index is 11.8. The van der Waals surface area contributed by atoms with Crippen molar-refractivity contribution in [1.29, 1.82) is 0 Å². The Bertz CT molecular complexity index is 703. The number of aliphatic carboxylic acids is 1. The number of carboxylic acids is 1. The zero-order valence-corrected chi connectivity index (χ0v) is 14.2. The van der Waals surface area contributed by atoms with Crippen molar-refractivity contribution < 1.29 is 19.4 Å². The fourth-order valence-electron chi connectivity index (χ4n) is 1.81. The van der Waals surface area contributed by atoms with Gasteiger partial charge in [-0.1, -0.05) is 73.3 Å². The second-order valence-corrected chi connectivity index (χ2v) is 5.18. The Balaban J connectivity index is 0.000000550. The Morgan fingerprint density at radius 1 is 1.00 bits per heavy atom. The van der Waals surface area contributed by atoms with Crippen LogP contribution in [-0.4, -0.2) is 17.0 Å². The van der Waals surface area contributed by atoms with E-state index in [0.717, 1.165) is 18.1 Å². The summed E-state index contributed by atoms with van der Waals surface area (Å²) >= 11 is 0. The number of allylic oxidation sites excluding steroid dienone is 1. The number of esters is 1. The van der Waals surface area contributed by atoms with E-state index in [1.807, 2.05) is 66.7 Å². The normalized spacial score (nSPS) is 10.2. The highest BCUT2D eigenvalue weighted by molar-refractivity contribution is 5.87. The van der Waals surface area contributed by atoms with E-state index in [4.69, 9.17) is 9.84 Å². The van der Waals surface area contributed by atoms with Crippen molar-refractivity contribution >= 4 is 11.9 Å². The molecule has 0 saturated heterocycles. The molecule has 0 bridgehead atoms. The van der Waals surface area contributed by atoms with Gasteiger partial charge in [0.05, 0.1) is 0 Å². The monoisotopic (exact) mass is 338 g/mol. The summed E-state index contributed by atoms with van der Waals surface area (Å²) in [5.41, 5.74) is 2.82. The number of hydrogen-bond donors (Lipinski definition) is 1. The Hall–Kier alpha value is -3.14. The van der Waals surface area contributed by atoms with E-state index < -0.39 is 5.97 Å². The molecular weight excluding hydrogens is 316 g/mol. The second-order valence-electron chi connectivity index (χ2n) is 5.18. The van der Waals surface area contributed by atoms with Crippen molar-refractivity contribution in [2.75, 3.05) is 0 Å². The smallest absolute Gasteiger partial charge is 0.333 e. The van der Waals surface area contributed by atoms with E-state index in [1.165, 1.54) is 5.56 Å². The molecule has 1 N–H and O–H groups in total. The molecule has 0 fully saturated rings. The molecule has 25 heavy (non-hydrogen) atoms. The van der Waals surface area contributed by atoms with Gasteiger partial charge in [0.1, 0.15) is 6.61 Å². The third-order valence-corrected chi connectivity index (χ3v) is 3.20. The van der Waals surface area contributed by atoms with Gasteiger partial charge in [0, 0.05) is 11.6 Å². The molecule has 0 atom stereocenters. The van der Waals surface area contributed by atoms with Gasteiger partial charge in [-0.05, 0) is 24.5 Å². The van der Waals surface area contributed by atoms with Crippen molar-refractivity contribution in [3.05, 3.63) is 96.1 Å². The molecule has 0 amide bonds. The SMILES string of the molecule is C=CC(=O)O.CC(=CCc1ccccc1)C(=O)OCc1ccccc1. The van der Waals surface area contributed by atoms with Crippen molar-refractivity contribution in [1.82, 2.24) is 0 Å². The van der Waals surface area contributed by atoms with Crippen molar-refractivity contribution in [2.45, 2.75) is 20.0 Å². The fourth-order valence-corrected chi connectivity index (χ4v) is 1.81. The average molecular weight is 338 g/mol. The Morgan fingerprint density at radius 2 is 1.48 bits per heavy atom.